The lowest BCUT2D eigenvalue weighted by atomic mass is 9.86. The number of hydrogen-bond acceptors (Lipinski definition) is 2. The van der Waals surface area contributed by atoms with Gasteiger partial charge in [0.15, 0.2) is 0 Å². The van der Waals surface area contributed by atoms with Gasteiger partial charge in [-0.3, -0.25) is 0 Å². The lowest BCUT2D eigenvalue weighted by Gasteiger charge is -2.22. The van der Waals surface area contributed by atoms with Gasteiger partial charge in [-0.15, -0.1) is 0 Å². The number of oxime groups is 1. The molecule has 3 heteroatoms. The summed E-state index contributed by atoms with van der Waals surface area (Å²) in [6, 6.07) is 0. The summed E-state index contributed by atoms with van der Waals surface area (Å²) in [6.07, 6.45) is 3.39. The van der Waals surface area contributed by atoms with Gasteiger partial charge in [0.2, 0.25) is 0 Å². The van der Waals surface area contributed by atoms with Crippen LogP contribution in [0.15, 0.2) is 5.16 Å². The zero-order chi connectivity index (χ0) is 5.98. The van der Waals surface area contributed by atoms with E-state index in [0.29, 0.717) is 11.1 Å². The van der Waals surface area contributed by atoms with Crippen molar-refractivity contribution in [2.75, 3.05) is 0 Å². The molecule has 46 valence electrons. The van der Waals surface area contributed by atoms with E-state index < -0.39 is 0 Å². The van der Waals surface area contributed by atoms with E-state index in [4.69, 9.17) is 16.8 Å². The molecule has 2 nitrogen and oxygen atoms in total. The summed E-state index contributed by atoms with van der Waals surface area (Å²) >= 11 is 5.47. The minimum atomic E-state index is 0.363. The molecule has 0 aromatic carbocycles. The molecule has 1 saturated carbocycles. The van der Waals surface area contributed by atoms with Crippen LogP contribution in [-0.4, -0.2) is 10.4 Å². The first kappa shape index (κ1) is 5.89. The molecule has 0 heterocycles. The molecule has 1 aliphatic rings. The lowest BCUT2D eigenvalue weighted by Crippen LogP contribution is -2.17. The fourth-order valence-corrected chi connectivity index (χ4v) is 0.946. The Hall–Kier alpha value is -0.240. The molecule has 0 aromatic heterocycles. The van der Waals surface area contributed by atoms with Crippen LogP contribution >= 0.6 is 11.6 Å². The monoisotopic (exact) mass is 133 g/mol. The molecule has 8 heavy (non-hydrogen) atoms. The van der Waals surface area contributed by atoms with E-state index in [1.54, 1.807) is 0 Å². The quantitative estimate of drug-likeness (QED) is 0.330. The van der Waals surface area contributed by atoms with Gasteiger partial charge < -0.3 is 5.21 Å². The summed E-state index contributed by atoms with van der Waals surface area (Å²) in [6.45, 7) is 0. The Bertz CT molecular complexity index is 109. The fraction of sp³-hybridized carbons (Fsp3) is 0.800. The summed E-state index contributed by atoms with van der Waals surface area (Å²) < 4.78 is 0. The molecular formula is C5H8ClNO. The fourth-order valence-electron chi connectivity index (χ4n) is 0.728. The maximum atomic E-state index is 8.13. The molecule has 0 amide bonds. The summed E-state index contributed by atoms with van der Waals surface area (Å²) in [5, 5.41) is 11.4. The highest BCUT2D eigenvalue weighted by molar-refractivity contribution is 6.65. The van der Waals surface area contributed by atoms with Gasteiger partial charge in [0, 0.05) is 5.92 Å². The average Bonchev–Trinajstić information content (AvgIpc) is 1.62. The van der Waals surface area contributed by atoms with Crippen molar-refractivity contribution in [2.24, 2.45) is 11.1 Å². The normalized spacial score (nSPS) is 22.9. The van der Waals surface area contributed by atoms with Crippen LogP contribution in [0.1, 0.15) is 19.3 Å². The standard InChI is InChI=1S/C5H8ClNO/c6-5(7-8)4-2-1-3-4/h4,8H,1-3H2. The predicted octanol–water partition coefficient (Wildman–Crippen LogP) is 1.81. The lowest BCUT2D eigenvalue weighted by molar-refractivity contribution is 0.308. The Kier molecular flexibility index (Phi) is 1.73. The second-order valence-electron chi connectivity index (χ2n) is 2.05. The van der Waals surface area contributed by atoms with E-state index in [1.165, 1.54) is 6.42 Å². The number of halogens is 1. The first-order chi connectivity index (χ1) is 3.84. The maximum Gasteiger partial charge on any atom is 0.148 e. The maximum absolute atomic E-state index is 8.13. The highest BCUT2D eigenvalue weighted by Crippen LogP contribution is 2.28. The average molecular weight is 134 g/mol. The van der Waals surface area contributed by atoms with E-state index in [1.807, 2.05) is 0 Å². The minimum absolute atomic E-state index is 0.363. The Balaban J connectivity index is 2.34. The van der Waals surface area contributed by atoms with Crippen molar-refractivity contribution in [1.82, 2.24) is 0 Å². The molecule has 0 aromatic rings. The van der Waals surface area contributed by atoms with Gasteiger partial charge in [0.1, 0.15) is 5.17 Å². The van der Waals surface area contributed by atoms with Crippen LogP contribution in [0.3, 0.4) is 0 Å². The summed E-state index contributed by atoms with van der Waals surface area (Å²) in [4.78, 5) is 0. The van der Waals surface area contributed by atoms with Crippen LogP contribution in [0.2, 0.25) is 0 Å². The van der Waals surface area contributed by atoms with Crippen molar-refractivity contribution in [2.45, 2.75) is 19.3 Å². The second kappa shape index (κ2) is 2.35. The number of hydrogen-bond donors (Lipinski definition) is 1. The predicted molar refractivity (Wildman–Crippen MR) is 32.4 cm³/mol. The Morgan fingerprint density at radius 1 is 1.62 bits per heavy atom. The zero-order valence-electron chi connectivity index (χ0n) is 4.47. The minimum Gasteiger partial charge on any atom is -0.410 e. The molecule has 0 aliphatic heterocycles. The van der Waals surface area contributed by atoms with Crippen LogP contribution in [0.25, 0.3) is 0 Å². The van der Waals surface area contributed by atoms with E-state index in [2.05, 4.69) is 5.16 Å². The summed E-state index contributed by atoms with van der Waals surface area (Å²) in [7, 11) is 0. The van der Waals surface area contributed by atoms with Crippen LogP contribution < -0.4 is 0 Å². The molecule has 1 fully saturated rings. The zero-order valence-corrected chi connectivity index (χ0v) is 5.23. The summed E-state index contributed by atoms with van der Waals surface area (Å²) in [5.74, 6) is 0.363. The highest BCUT2D eigenvalue weighted by Gasteiger charge is 2.21. The van der Waals surface area contributed by atoms with Gasteiger partial charge in [0.25, 0.3) is 0 Å². The molecule has 0 atom stereocenters. The van der Waals surface area contributed by atoms with Gasteiger partial charge in [-0.2, -0.15) is 0 Å². The molecule has 0 unspecified atom stereocenters. The molecule has 0 radical (unpaired) electrons. The van der Waals surface area contributed by atoms with Crippen LogP contribution in [-0.2, 0) is 0 Å². The molecular weight excluding hydrogens is 126 g/mol. The van der Waals surface area contributed by atoms with Gasteiger partial charge in [-0.05, 0) is 12.8 Å². The topological polar surface area (TPSA) is 32.6 Å². The van der Waals surface area contributed by atoms with Gasteiger partial charge in [-0.1, -0.05) is 23.2 Å². The number of rotatable bonds is 1. The van der Waals surface area contributed by atoms with Crippen molar-refractivity contribution in [3.05, 3.63) is 0 Å². The van der Waals surface area contributed by atoms with Crippen molar-refractivity contribution in [3.63, 3.8) is 0 Å². The smallest absolute Gasteiger partial charge is 0.148 e. The van der Waals surface area contributed by atoms with Crippen LogP contribution in [0, 0.1) is 5.92 Å². The van der Waals surface area contributed by atoms with Crippen molar-refractivity contribution in [3.8, 4) is 0 Å². The van der Waals surface area contributed by atoms with E-state index in [0.717, 1.165) is 12.8 Å². The van der Waals surface area contributed by atoms with E-state index in [-0.39, 0.29) is 0 Å². The number of nitrogens with zero attached hydrogens (tertiary/aromatic N) is 1. The van der Waals surface area contributed by atoms with E-state index >= 15 is 0 Å². The SMILES string of the molecule is ON=C(Cl)C1CCC1. The third-order valence-electron chi connectivity index (χ3n) is 1.54. The van der Waals surface area contributed by atoms with Crippen LogP contribution in [0.4, 0.5) is 0 Å². The first-order valence-electron chi connectivity index (χ1n) is 2.72. The van der Waals surface area contributed by atoms with Gasteiger partial charge >= 0.3 is 0 Å². The Morgan fingerprint density at radius 2 is 2.25 bits per heavy atom. The van der Waals surface area contributed by atoms with E-state index in [9.17, 15) is 0 Å². The molecule has 1 aliphatic carbocycles. The largest absolute Gasteiger partial charge is 0.410 e. The Morgan fingerprint density at radius 3 is 2.38 bits per heavy atom. The highest BCUT2D eigenvalue weighted by atomic mass is 35.5. The van der Waals surface area contributed by atoms with Crippen molar-refractivity contribution in [1.29, 1.82) is 0 Å². The Labute approximate surface area is 53.1 Å². The second-order valence-corrected chi connectivity index (χ2v) is 2.44. The van der Waals surface area contributed by atoms with Crippen molar-refractivity contribution < 1.29 is 5.21 Å². The third-order valence-corrected chi connectivity index (χ3v) is 1.92. The molecule has 0 saturated heterocycles. The summed E-state index contributed by atoms with van der Waals surface area (Å²) in [5.41, 5.74) is 0. The van der Waals surface area contributed by atoms with Crippen molar-refractivity contribution >= 4 is 16.8 Å². The molecule has 0 spiro atoms. The van der Waals surface area contributed by atoms with Crippen LogP contribution in [0.5, 0.6) is 0 Å². The molecule has 0 bridgehead atoms. The molecule has 1 N–H and O–H groups in total. The van der Waals surface area contributed by atoms with Gasteiger partial charge in [0.05, 0.1) is 0 Å². The molecule has 1 rings (SSSR count). The third kappa shape index (κ3) is 0.944. The first-order valence-corrected chi connectivity index (χ1v) is 3.10. The van der Waals surface area contributed by atoms with Gasteiger partial charge in [-0.25, -0.2) is 0 Å².